The zero-order valence-corrected chi connectivity index (χ0v) is 20.5. The lowest BCUT2D eigenvalue weighted by Gasteiger charge is -2.38. The van der Waals surface area contributed by atoms with Gasteiger partial charge in [-0.2, -0.15) is 4.31 Å². The fourth-order valence-electron chi connectivity index (χ4n) is 4.04. The Hall–Kier alpha value is -2.12. The normalized spacial score (nSPS) is 24.5. The number of carbonyl (C=O) groups is 1. The first kappa shape index (κ1) is 25.5. The minimum absolute atomic E-state index is 0.00438. The molecule has 2 N–H and O–H groups in total. The number of aliphatic hydroxyl groups excluding tert-OH is 2. The van der Waals surface area contributed by atoms with Crippen LogP contribution >= 0.6 is 0 Å². The Morgan fingerprint density at radius 2 is 2.03 bits per heavy atom. The van der Waals surface area contributed by atoms with Crippen LogP contribution in [0, 0.1) is 23.7 Å². The molecule has 1 aromatic rings. The van der Waals surface area contributed by atoms with Crippen LogP contribution in [0.3, 0.4) is 0 Å². The maximum Gasteiger partial charge on any atom is 0.247 e. The molecular formula is C24H34N2O6S. The van der Waals surface area contributed by atoms with Crippen LogP contribution < -0.4 is 4.74 Å². The Morgan fingerprint density at radius 3 is 2.61 bits per heavy atom. The van der Waals surface area contributed by atoms with E-state index in [0.717, 1.165) is 19.3 Å². The van der Waals surface area contributed by atoms with Crippen LogP contribution in [0.15, 0.2) is 23.1 Å². The van der Waals surface area contributed by atoms with E-state index in [2.05, 4.69) is 11.8 Å². The van der Waals surface area contributed by atoms with Gasteiger partial charge in [-0.15, -0.1) is 0 Å². The van der Waals surface area contributed by atoms with E-state index in [9.17, 15) is 23.4 Å². The number of aliphatic hydroxyl groups is 2. The second-order valence-electron chi connectivity index (χ2n) is 9.19. The lowest BCUT2D eigenvalue weighted by atomic mass is 9.84. The third-order valence-electron chi connectivity index (χ3n) is 6.38. The Morgan fingerprint density at radius 1 is 1.33 bits per heavy atom. The fraction of sp³-hybridized carbons (Fsp3) is 0.625. The van der Waals surface area contributed by atoms with E-state index in [1.807, 2.05) is 6.92 Å². The summed E-state index contributed by atoms with van der Waals surface area (Å²) in [5.41, 5.74) is 0.512. The number of carbonyl (C=O) groups excluding carboxylic acids is 1. The number of amides is 1. The van der Waals surface area contributed by atoms with Gasteiger partial charge in [0.15, 0.2) is 0 Å². The molecular weight excluding hydrogens is 444 g/mol. The first-order chi connectivity index (χ1) is 15.5. The lowest BCUT2D eigenvalue weighted by Crippen LogP contribution is -2.50. The van der Waals surface area contributed by atoms with Crippen molar-refractivity contribution in [2.45, 2.75) is 63.2 Å². The average Bonchev–Trinajstić information content (AvgIpc) is 2.72. The van der Waals surface area contributed by atoms with Gasteiger partial charge >= 0.3 is 0 Å². The standard InChI is InChI=1S/C24H34N2O6S/c1-16-13-26(17(2)15-27)33(30,31)23-11-10-19(9-8-18(3)28)12-21(23)32-22(16)14-25(4)24(29)20-6-5-7-20/h10-12,16-18,20,22,27-28H,5-7,13-15H2,1-4H3/t16-,17+,18-,22-/m1/s1. The minimum Gasteiger partial charge on any atom is -0.487 e. The molecule has 8 nitrogen and oxygen atoms in total. The molecule has 1 aromatic carbocycles. The van der Waals surface area contributed by atoms with Gasteiger partial charge < -0.3 is 19.8 Å². The van der Waals surface area contributed by atoms with E-state index in [0.29, 0.717) is 12.1 Å². The van der Waals surface area contributed by atoms with Crippen LogP contribution in [0.5, 0.6) is 5.75 Å². The lowest BCUT2D eigenvalue weighted by molar-refractivity contribution is -0.138. The van der Waals surface area contributed by atoms with Crippen molar-refractivity contribution in [3.63, 3.8) is 0 Å². The van der Waals surface area contributed by atoms with Crippen LogP contribution in [0.2, 0.25) is 0 Å². The van der Waals surface area contributed by atoms with Gasteiger partial charge in [0.1, 0.15) is 22.9 Å². The molecule has 33 heavy (non-hydrogen) atoms. The molecule has 1 amide bonds. The SMILES string of the molecule is C[C@@H]1CN([C@@H](C)CO)S(=O)(=O)c2ccc(C#C[C@@H](C)O)cc2O[C@@H]1CN(C)C(=O)C1CCC1. The fourth-order valence-corrected chi connectivity index (χ4v) is 5.86. The number of nitrogens with zero attached hydrogens (tertiary/aromatic N) is 2. The van der Waals surface area contributed by atoms with E-state index in [4.69, 9.17) is 4.74 Å². The molecule has 1 fully saturated rings. The molecule has 0 aromatic heterocycles. The first-order valence-corrected chi connectivity index (χ1v) is 12.9. The molecule has 0 saturated heterocycles. The summed E-state index contributed by atoms with van der Waals surface area (Å²) >= 11 is 0. The molecule has 0 unspecified atom stereocenters. The van der Waals surface area contributed by atoms with Crippen molar-refractivity contribution < 1.29 is 28.2 Å². The number of fused-ring (bicyclic) bond motifs is 1. The average molecular weight is 479 g/mol. The summed E-state index contributed by atoms with van der Waals surface area (Å²) in [5.74, 6) is 5.53. The third-order valence-corrected chi connectivity index (χ3v) is 8.40. The van der Waals surface area contributed by atoms with Crippen molar-refractivity contribution in [2.24, 2.45) is 11.8 Å². The second-order valence-corrected chi connectivity index (χ2v) is 11.1. The number of hydrogen-bond donors (Lipinski definition) is 2. The summed E-state index contributed by atoms with van der Waals surface area (Å²) in [6.45, 7) is 5.26. The molecule has 0 radical (unpaired) electrons. The predicted octanol–water partition coefficient (Wildman–Crippen LogP) is 1.45. The number of ether oxygens (including phenoxy) is 1. The van der Waals surface area contributed by atoms with E-state index in [1.54, 1.807) is 37.9 Å². The monoisotopic (exact) mass is 478 g/mol. The van der Waals surface area contributed by atoms with Gasteiger partial charge in [-0.05, 0) is 44.9 Å². The molecule has 1 aliphatic heterocycles. The molecule has 1 saturated carbocycles. The van der Waals surface area contributed by atoms with E-state index >= 15 is 0 Å². The summed E-state index contributed by atoms with van der Waals surface area (Å²) < 4.78 is 34.5. The van der Waals surface area contributed by atoms with Gasteiger partial charge in [0, 0.05) is 37.0 Å². The van der Waals surface area contributed by atoms with Crippen LogP contribution in [0.1, 0.15) is 45.6 Å². The Labute approximate surface area is 196 Å². The van der Waals surface area contributed by atoms with Crippen LogP contribution in [0.4, 0.5) is 0 Å². The minimum atomic E-state index is -3.94. The van der Waals surface area contributed by atoms with Crippen molar-refractivity contribution in [3.05, 3.63) is 23.8 Å². The van der Waals surface area contributed by atoms with Gasteiger partial charge in [0.05, 0.1) is 13.2 Å². The molecule has 3 rings (SSSR count). The predicted molar refractivity (Wildman–Crippen MR) is 124 cm³/mol. The van der Waals surface area contributed by atoms with Crippen molar-refractivity contribution in [3.8, 4) is 17.6 Å². The Bertz CT molecular complexity index is 1030. The zero-order valence-electron chi connectivity index (χ0n) is 19.7. The smallest absolute Gasteiger partial charge is 0.247 e. The van der Waals surface area contributed by atoms with Crippen molar-refractivity contribution in [1.82, 2.24) is 9.21 Å². The van der Waals surface area contributed by atoms with Crippen molar-refractivity contribution in [1.29, 1.82) is 0 Å². The summed E-state index contributed by atoms with van der Waals surface area (Å²) in [7, 11) is -2.19. The highest BCUT2D eigenvalue weighted by molar-refractivity contribution is 7.89. The topological polar surface area (TPSA) is 107 Å². The second kappa shape index (κ2) is 10.4. The molecule has 2 aliphatic rings. The van der Waals surface area contributed by atoms with E-state index in [-0.39, 0.29) is 41.5 Å². The molecule has 0 bridgehead atoms. The van der Waals surface area contributed by atoms with Crippen LogP contribution in [-0.4, -0.2) is 78.7 Å². The van der Waals surface area contributed by atoms with E-state index in [1.165, 1.54) is 10.4 Å². The van der Waals surface area contributed by atoms with Crippen LogP contribution in [-0.2, 0) is 14.8 Å². The number of sulfonamides is 1. The molecule has 4 atom stereocenters. The molecule has 0 spiro atoms. The van der Waals surface area contributed by atoms with Gasteiger partial charge in [0.25, 0.3) is 0 Å². The first-order valence-electron chi connectivity index (χ1n) is 11.4. The largest absolute Gasteiger partial charge is 0.487 e. The molecule has 1 heterocycles. The summed E-state index contributed by atoms with van der Waals surface area (Å²) in [6.07, 6.45) is 1.59. The summed E-state index contributed by atoms with van der Waals surface area (Å²) in [6, 6.07) is 3.96. The van der Waals surface area contributed by atoms with Gasteiger partial charge in [-0.3, -0.25) is 4.79 Å². The number of likely N-dealkylation sites (N-methyl/N-ethyl adjacent to an activating group) is 1. The number of rotatable bonds is 5. The highest BCUT2D eigenvalue weighted by Crippen LogP contribution is 2.34. The van der Waals surface area contributed by atoms with Crippen LogP contribution in [0.25, 0.3) is 0 Å². The highest BCUT2D eigenvalue weighted by atomic mass is 32.2. The molecule has 9 heteroatoms. The molecule has 1 aliphatic carbocycles. The number of benzene rings is 1. The summed E-state index contributed by atoms with van der Waals surface area (Å²) in [5, 5.41) is 19.2. The zero-order chi connectivity index (χ0) is 24.3. The Kier molecular flexibility index (Phi) is 8.06. The van der Waals surface area contributed by atoms with Gasteiger partial charge in [0.2, 0.25) is 15.9 Å². The van der Waals surface area contributed by atoms with Crippen molar-refractivity contribution in [2.75, 3.05) is 26.7 Å². The number of hydrogen-bond acceptors (Lipinski definition) is 6. The van der Waals surface area contributed by atoms with Gasteiger partial charge in [-0.1, -0.05) is 25.2 Å². The van der Waals surface area contributed by atoms with E-state index < -0.39 is 28.3 Å². The molecule has 182 valence electrons. The Balaban J connectivity index is 2.01. The maximum absolute atomic E-state index is 13.5. The maximum atomic E-state index is 13.5. The van der Waals surface area contributed by atoms with Gasteiger partial charge in [-0.25, -0.2) is 8.42 Å². The highest BCUT2D eigenvalue weighted by Gasteiger charge is 2.39. The third kappa shape index (κ3) is 5.69. The quantitative estimate of drug-likeness (QED) is 0.621. The summed E-state index contributed by atoms with van der Waals surface area (Å²) in [4.78, 5) is 14.4. The van der Waals surface area contributed by atoms with Crippen molar-refractivity contribution >= 4 is 15.9 Å².